The second kappa shape index (κ2) is 7.15. The van der Waals surface area contributed by atoms with E-state index in [0.717, 1.165) is 35.6 Å². The van der Waals surface area contributed by atoms with Gasteiger partial charge in [0.25, 0.3) is 5.89 Å². The molecule has 0 unspecified atom stereocenters. The Morgan fingerprint density at radius 3 is 2.31 bits per heavy atom. The summed E-state index contributed by atoms with van der Waals surface area (Å²) >= 11 is 0. The van der Waals surface area contributed by atoms with Gasteiger partial charge in [0.2, 0.25) is 5.82 Å². The molecule has 1 aromatic heterocycles. The van der Waals surface area contributed by atoms with Crippen LogP contribution in [-0.4, -0.2) is 36.4 Å². The van der Waals surface area contributed by atoms with Crippen LogP contribution in [0.5, 0.6) is 0 Å². The maximum atomic E-state index is 13.3. The Bertz CT molecular complexity index is 852. The minimum absolute atomic E-state index is 0.492. The van der Waals surface area contributed by atoms with Crippen LogP contribution >= 0.6 is 0 Å². The van der Waals surface area contributed by atoms with Crippen LogP contribution in [0.2, 0.25) is 0 Å². The Balaban J connectivity index is 1.50. The number of nitrogens with one attached hydrogen (secondary N) is 1. The molecule has 0 saturated carbocycles. The molecule has 0 amide bonds. The Hall–Kier alpha value is -2.89. The van der Waals surface area contributed by atoms with E-state index in [9.17, 15) is 4.39 Å². The van der Waals surface area contributed by atoms with Gasteiger partial charge in [-0.15, -0.1) is 0 Å². The molecule has 1 fully saturated rings. The van der Waals surface area contributed by atoms with Crippen molar-refractivity contribution in [1.29, 1.82) is 0 Å². The van der Waals surface area contributed by atoms with E-state index in [2.05, 4.69) is 20.4 Å². The number of halogens is 1. The summed E-state index contributed by atoms with van der Waals surface area (Å²) < 4.78 is 18.7. The van der Waals surface area contributed by atoms with Gasteiger partial charge in [0.15, 0.2) is 0 Å². The lowest BCUT2D eigenvalue weighted by Crippen LogP contribution is -2.34. The number of alkyl halides is 1. The van der Waals surface area contributed by atoms with E-state index in [0.29, 0.717) is 24.6 Å². The third-order valence-electron chi connectivity index (χ3n) is 4.76. The van der Waals surface area contributed by atoms with Crippen molar-refractivity contribution in [3.8, 4) is 22.8 Å². The maximum Gasteiger partial charge on any atom is 0.258 e. The smallest absolute Gasteiger partial charge is 0.258 e. The number of benzene rings is 2. The SMILES string of the molecule is CNc1ccc(-c2noc(-c3ccc(N4CCC(F)CC4)cc3)n2)cc1. The minimum Gasteiger partial charge on any atom is -0.388 e. The summed E-state index contributed by atoms with van der Waals surface area (Å²) in [6, 6.07) is 15.9. The molecule has 1 saturated heterocycles. The van der Waals surface area contributed by atoms with Crippen LogP contribution in [0.3, 0.4) is 0 Å². The predicted octanol–water partition coefficient (Wildman–Crippen LogP) is 4.38. The van der Waals surface area contributed by atoms with Gasteiger partial charge in [-0.25, -0.2) is 4.39 Å². The van der Waals surface area contributed by atoms with Crippen LogP contribution in [0.15, 0.2) is 53.1 Å². The summed E-state index contributed by atoms with van der Waals surface area (Å²) in [5.74, 6) is 1.06. The zero-order valence-electron chi connectivity index (χ0n) is 14.7. The Labute approximate surface area is 151 Å². The third-order valence-corrected chi connectivity index (χ3v) is 4.76. The largest absolute Gasteiger partial charge is 0.388 e. The van der Waals surface area contributed by atoms with Gasteiger partial charge in [-0.1, -0.05) is 5.16 Å². The molecule has 1 N–H and O–H groups in total. The molecule has 26 heavy (non-hydrogen) atoms. The van der Waals surface area contributed by atoms with Crippen LogP contribution in [0.1, 0.15) is 12.8 Å². The van der Waals surface area contributed by atoms with Crippen molar-refractivity contribution in [3.63, 3.8) is 0 Å². The Morgan fingerprint density at radius 2 is 1.65 bits per heavy atom. The summed E-state index contributed by atoms with van der Waals surface area (Å²) in [6.45, 7) is 1.52. The molecule has 2 aromatic carbocycles. The molecule has 0 spiro atoms. The molecule has 0 bridgehead atoms. The number of hydrogen-bond acceptors (Lipinski definition) is 5. The van der Waals surface area contributed by atoms with Gasteiger partial charge >= 0.3 is 0 Å². The van der Waals surface area contributed by atoms with E-state index in [4.69, 9.17) is 4.52 Å². The zero-order chi connectivity index (χ0) is 17.9. The number of hydrogen-bond donors (Lipinski definition) is 1. The van der Waals surface area contributed by atoms with E-state index in [1.807, 2.05) is 55.6 Å². The molecule has 134 valence electrons. The highest BCUT2D eigenvalue weighted by Crippen LogP contribution is 2.27. The topological polar surface area (TPSA) is 54.2 Å². The van der Waals surface area contributed by atoms with Crippen LogP contribution in [0.4, 0.5) is 15.8 Å². The van der Waals surface area contributed by atoms with Crippen molar-refractivity contribution in [1.82, 2.24) is 10.1 Å². The number of rotatable bonds is 4. The van der Waals surface area contributed by atoms with Gasteiger partial charge in [-0.05, 0) is 61.4 Å². The normalized spacial score (nSPS) is 15.2. The van der Waals surface area contributed by atoms with Crippen molar-refractivity contribution in [2.75, 3.05) is 30.4 Å². The third kappa shape index (κ3) is 3.40. The Morgan fingerprint density at radius 1 is 1.00 bits per heavy atom. The highest BCUT2D eigenvalue weighted by molar-refractivity contribution is 5.64. The van der Waals surface area contributed by atoms with Crippen molar-refractivity contribution in [2.24, 2.45) is 0 Å². The quantitative estimate of drug-likeness (QED) is 0.755. The molecule has 6 heteroatoms. The minimum atomic E-state index is -0.662. The van der Waals surface area contributed by atoms with Crippen LogP contribution in [0.25, 0.3) is 22.8 Å². The molecule has 3 aromatic rings. The van der Waals surface area contributed by atoms with E-state index in [1.54, 1.807) is 0 Å². The van der Waals surface area contributed by atoms with E-state index >= 15 is 0 Å². The summed E-state index contributed by atoms with van der Waals surface area (Å²) in [4.78, 5) is 6.71. The van der Waals surface area contributed by atoms with Gasteiger partial charge in [0.05, 0.1) is 0 Å². The van der Waals surface area contributed by atoms with E-state index in [-0.39, 0.29) is 0 Å². The number of anilines is 2. The molecule has 5 nitrogen and oxygen atoms in total. The van der Waals surface area contributed by atoms with Gasteiger partial charge in [-0.3, -0.25) is 0 Å². The van der Waals surface area contributed by atoms with E-state index in [1.165, 1.54) is 0 Å². The van der Waals surface area contributed by atoms with Gasteiger partial charge < -0.3 is 14.7 Å². The van der Waals surface area contributed by atoms with Crippen LogP contribution in [-0.2, 0) is 0 Å². The maximum absolute atomic E-state index is 13.3. The monoisotopic (exact) mass is 352 g/mol. The standard InChI is InChI=1S/C20H21FN4O/c1-22-17-6-2-14(3-7-17)19-23-20(26-24-19)15-4-8-18(9-5-15)25-12-10-16(21)11-13-25/h2-9,16,22H,10-13H2,1H3. The summed E-state index contributed by atoms with van der Waals surface area (Å²) in [5.41, 5.74) is 3.91. The molecule has 2 heterocycles. The van der Waals surface area contributed by atoms with Crippen molar-refractivity contribution in [2.45, 2.75) is 19.0 Å². The lowest BCUT2D eigenvalue weighted by Gasteiger charge is -2.30. The fourth-order valence-electron chi connectivity index (χ4n) is 3.16. The molecular formula is C20H21FN4O. The lowest BCUT2D eigenvalue weighted by molar-refractivity contribution is 0.277. The summed E-state index contributed by atoms with van der Waals surface area (Å²) in [6.07, 6.45) is 0.534. The first-order valence-electron chi connectivity index (χ1n) is 8.84. The van der Waals surface area contributed by atoms with E-state index < -0.39 is 6.17 Å². The highest BCUT2D eigenvalue weighted by atomic mass is 19.1. The summed E-state index contributed by atoms with van der Waals surface area (Å²) in [7, 11) is 1.88. The second-order valence-electron chi connectivity index (χ2n) is 6.46. The predicted molar refractivity (Wildman–Crippen MR) is 101 cm³/mol. The molecular weight excluding hydrogens is 331 g/mol. The van der Waals surface area contributed by atoms with Crippen LogP contribution < -0.4 is 10.2 Å². The fraction of sp³-hybridized carbons (Fsp3) is 0.300. The van der Waals surface area contributed by atoms with Gasteiger partial charge in [0, 0.05) is 42.6 Å². The fourth-order valence-corrected chi connectivity index (χ4v) is 3.16. The first-order chi connectivity index (χ1) is 12.7. The molecule has 1 aliphatic rings. The highest BCUT2D eigenvalue weighted by Gasteiger charge is 2.19. The zero-order valence-corrected chi connectivity index (χ0v) is 14.7. The van der Waals surface area contributed by atoms with Crippen molar-refractivity contribution >= 4 is 11.4 Å². The molecule has 1 aliphatic heterocycles. The molecule has 0 radical (unpaired) electrons. The number of aromatic nitrogens is 2. The average molecular weight is 352 g/mol. The van der Waals surface area contributed by atoms with Gasteiger partial charge in [-0.2, -0.15) is 4.98 Å². The van der Waals surface area contributed by atoms with Crippen molar-refractivity contribution < 1.29 is 8.91 Å². The first kappa shape index (κ1) is 16.6. The average Bonchev–Trinajstić information content (AvgIpc) is 3.19. The number of piperidine rings is 1. The summed E-state index contributed by atoms with van der Waals surface area (Å²) in [5, 5.41) is 7.16. The molecule has 0 atom stereocenters. The second-order valence-corrected chi connectivity index (χ2v) is 6.46. The van der Waals surface area contributed by atoms with Gasteiger partial charge in [0.1, 0.15) is 6.17 Å². The lowest BCUT2D eigenvalue weighted by atomic mass is 10.1. The van der Waals surface area contributed by atoms with Crippen LogP contribution in [0, 0.1) is 0 Å². The number of nitrogens with zero attached hydrogens (tertiary/aromatic N) is 3. The Kier molecular flexibility index (Phi) is 4.56. The molecule has 0 aliphatic carbocycles. The first-order valence-corrected chi connectivity index (χ1v) is 8.84. The molecule has 4 rings (SSSR count). The van der Waals surface area contributed by atoms with Crippen molar-refractivity contribution in [3.05, 3.63) is 48.5 Å².